The van der Waals surface area contributed by atoms with Gasteiger partial charge in [0.15, 0.2) is 0 Å². The summed E-state index contributed by atoms with van der Waals surface area (Å²) in [5.74, 6) is -2.59. The number of carboxylic acids is 1. The summed E-state index contributed by atoms with van der Waals surface area (Å²) in [5.41, 5.74) is 0. The number of aliphatic carboxylic acids is 1. The minimum Gasteiger partial charge on any atom is -0.475 e. The second-order valence-corrected chi connectivity index (χ2v) is 4.42. The van der Waals surface area contributed by atoms with E-state index in [4.69, 9.17) is 14.6 Å². The predicted octanol–water partition coefficient (Wildman–Crippen LogP) is 0.230. The highest BCUT2D eigenvalue weighted by Gasteiger charge is 2.38. The van der Waals surface area contributed by atoms with E-state index in [0.29, 0.717) is 12.6 Å². The number of hydrogen-bond acceptors (Lipinski definition) is 4. The van der Waals surface area contributed by atoms with E-state index in [9.17, 15) is 18.0 Å². The van der Waals surface area contributed by atoms with Gasteiger partial charge in [-0.1, -0.05) is 0 Å². The summed E-state index contributed by atoms with van der Waals surface area (Å²) in [6.45, 7) is 3.84. The van der Waals surface area contributed by atoms with Crippen molar-refractivity contribution in [3.8, 4) is 0 Å². The molecule has 2 saturated heterocycles. The van der Waals surface area contributed by atoms with Gasteiger partial charge in [-0.15, -0.1) is 0 Å². The Bertz CT molecular complexity index is 343. The van der Waals surface area contributed by atoms with Gasteiger partial charge in [0.1, 0.15) is 6.61 Å². The molecule has 0 spiro atoms. The van der Waals surface area contributed by atoms with E-state index in [0.717, 1.165) is 32.5 Å². The van der Waals surface area contributed by atoms with Crippen LogP contribution in [0.1, 0.15) is 12.8 Å². The van der Waals surface area contributed by atoms with Crippen molar-refractivity contribution in [2.45, 2.75) is 25.1 Å². The van der Waals surface area contributed by atoms with E-state index in [1.54, 1.807) is 0 Å². The zero-order valence-electron chi connectivity index (χ0n) is 10.8. The van der Waals surface area contributed by atoms with Crippen molar-refractivity contribution in [2.24, 2.45) is 0 Å². The van der Waals surface area contributed by atoms with Crippen LogP contribution in [0.25, 0.3) is 0 Å². The van der Waals surface area contributed by atoms with Crippen LogP contribution < -0.4 is 5.32 Å². The number of nitrogens with zero attached hydrogens (tertiary/aromatic N) is 1. The Balaban J connectivity index is 0.000000246. The summed E-state index contributed by atoms with van der Waals surface area (Å²) in [6.07, 6.45) is -2.91. The van der Waals surface area contributed by atoms with Crippen LogP contribution in [0.3, 0.4) is 0 Å². The molecule has 0 aromatic carbocycles. The molecule has 0 bridgehead atoms. The maximum Gasteiger partial charge on any atom is 0.490 e. The number of alkyl halides is 3. The molecule has 0 atom stereocenters. The minimum atomic E-state index is -5.08. The molecule has 2 fully saturated rings. The van der Waals surface area contributed by atoms with Crippen LogP contribution in [0.4, 0.5) is 13.2 Å². The first-order chi connectivity index (χ1) is 9.32. The molecule has 6 nitrogen and oxygen atoms in total. The molecule has 2 rings (SSSR count). The van der Waals surface area contributed by atoms with Gasteiger partial charge in [-0.3, -0.25) is 4.79 Å². The van der Waals surface area contributed by atoms with E-state index in [-0.39, 0.29) is 12.5 Å². The number of hydrogen-bond donors (Lipinski definition) is 2. The number of amides is 1. The van der Waals surface area contributed by atoms with Crippen molar-refractivity contribution >= 4 is 11.9 Å². The van der Waals surface area contributed by atoms with Gasteiger partial charge in [0, 0.05) is 12.6 Å². The fraction of sp³-hybridized carbons (Fsp3) is 0.818. The molecule has 2 aliphatic rings. The fourth-order valence-electron chi connectivity index (χ4n) is 2.03. The summed E-state index contributed by atoms with van der Waals surface area (Å²) < 4.78 is 36.8. The standard InChI is InChI=1S/C9H16N2O2.C2HF3O2/c12-9-7-13-6-5-11(9)8-1-3-10-4-2-8;3-2(4,5)1(6)7/h8,10H,1-7H2;(H,6,7). The minimum absolute atomic E-state index is 0.165. The average Bonchev–Trinajstić information content (AvgIpc) is 2.40. The average molecular weight is 298 g/mol. The Morgan fingerprint density at radius 2 is 1.90 bits per heavy atom. The first-order valence-electron chi connectivity index (χ1n) is 6.20. The van der Waals surface area contributed by atoms with Crippen molar-refractivity contribution in [1.29, 1.82) is 0 Å². The highest BCUT2D eigenvalue weighted by molar-refractivity contribution is 5.78. The van der Waals surface area contributed by atoms with E-state index in [1.807, 2.05) is 4.90 Å². The number of piperidine rings is 1. The second kappa shape index (κ2) is 7.44. The van der Waals surface area contributed by atoms with Crippen LogP contribution >= 0.6 is 0 Å². The van der Waals surface area contributed by atoms with Crippen molar-refractivity contribution in [2.75, 3.05) is 32.8 Å². The van der Waals surface area contributed by atoms with Gasteiger partial charge in [0.25, 0.3) is 0 Å². The first kappa shape index (κ1) is 16.7. The molecule has 20 heavy (non-hydrogen) atoms. The van der Waals surface area contributed by atoms with Crippen molar-refractivity contribution in [1.82, 2.24) is 10.2 Å². The molecule has 0 radical (unpaired) electrons. The summed E-state index contributed by atoms with van der Waals surface area (Å²) in [4.78, 5) is 22.4. The Hall–Kier alpha value is -1.35. The maximum atomic E-state index is 11.5. The molecule has 0 unspecified atom stereocenters. The van der Waals surface area contributed by atoms with Crippen LogP contribution in [0.5, 0.6) is 0 Å². The fourth-order valence-corrected chi connectivity index (χ4v) is 2.03. The zero-order valence-corrected chi connectivity index (χ0v) is 10.8. The van der Waals surface area contributed by atoms with Crippen LogP contribution in [0.15, 0.2) is 0 Å². The number of carbonyl (C=O) groups excluding carboxylic acids is 1. The zero-order chi connectivity index (χ0) is 15.2. The van der Waals surface area contributed by atoms with Crippen molar-refractivity contribution < 1.29 is 32.6 Å². The van der Waals surface area contributed by atoms with E-state index >= 15 is 0 Å². The Kier molecular flexibility index (Phi) is 6.21. The van der Waals surface area contributed by atoms with Crippen molar-refractivity contribution in [3.05, 3.63) is 0 Å². The molecule has 0 aliphatic carbocycles. The second-order valence-electron chi connectivity index (χ2n) is 4.42. The van der Waals surface area contributed by atoms with Gasteiger partial charge < -0.3 is 20.1 Å². The number of halogens is 3. The van der Waals surface area contributed by atoms with E-state index in [2.05, 4.69) is 5.32 Å². The molecule has 116 valence electrons. The first-order valence-corrected chi connectivity index (χ1v) is 6.20. The van der Waals surface area contributed by atoms with Gasteiger partial charge in [-0.05, 0) is 25.9 Å². The lowest BCUT2D eigenvalue weighted by Gasteiger charge is -2.36. The Morgan fingerprint density at radius 3 is 2.35 bits per heavy atom. The maximum absolute atomic E-state index is 11.5. The topological polar surface area (TPSA) is 78.9 Å². The highest BCUT2D eigenvalue weighted by Crippen LogP contribution is 2.14. The normalized spacial score (nSPS) is 21.1. The highest BCUT2D eigenvalue weighted by atomic mass is 19.4. The molecule has 0 aromatic heterocycles. The molecule has 0 aromatic rings. The van der Waals surface area contributed by atoms with Gasteiger partial charge in [-0.25, -0.2) is 4.79 Å². The third-order valence-electron chi connectivity index (χ3n) is 3.01. The molecule has 9 heteroatoms. The molecule has 1 amide bonds. The SMILES string of the molecule is O=C(O)C(F)(F)F.O=C1COCCN1C1CCNCC1. The Morgan fingerprint density at radius 1 is 1.35 bits per heavy atom. The Labute approximate surface area is 113 Å². The van der Waals surface area contributed by atoms with Gasteiger partial charge in [-0.2, -0.15) is 13.2 Å². The lowest BCUT2D eigenvalue weighted by molar-refractivity contribution is -0.192. The van der Waals surface area contributed by atoms with Gasteiger partial charge in [0.05, 0.1) is 6.61 Å². The molecule has 2 heterocycles. The van der Waals surface area contributed by atoms with E-state index < -0.39 is 12.1 Å². The van der Waals surface area contributed by atoms with E-state index in [1.165, 1.54) is 0 Å². The quantitative estimate of drug-likeness (QED) is 0.724. The monoisotopic (exact) mass is 298 g/mol. The third-order valence-corrected chi connectivity index (χ3v) is 3.01. The molecular formula is C11H17F3N2O4. The lowest BCUT2D eigenvalue weighted by atomic mass is 10.0. The molecular weight excluding hydrogens is 281 g/mol. The molecule has 2 N–H and O–H groups in total. The number of rotatable bonds is 1. The van der Waals surface area contributed by atoms with Crippen molar-refractivity contribution in [3.63, 3.8) is 0 Å². The van der Waals surface area contributed by atoms with Crippen LogP contribution in [0.2, 0.25) is 0 Å². The van der Waals surface area contributed by atoms with Gasteiger partial charge >= 0.3 is 12.1 Å². The summed E-state index contributed by atoms with van der Waals surface area (Å²) in [5, 5.41) is 10.4. The summed E-state index contributed by atoms with van der Waals surface area (Å²) in [7, 11) is 0. The number of ether oxygens (including phenoxy) is 1. The number of carboxylic acid groups (broad SMARTS) is 1. The number of nitrogens with one attached hydrogen (secondary N) is 1. The number of carbonyl (C=O) groups is 2. The summed E-state index contributed by atoms with van der Waals surface area (Å²) >= 11 is 0. The molecule has 2 aliphatic heterocycles. The number of morpholine rings is 1. The predicted molar refractivity (Wildman–Crippen MR) is 62.1 cm³/mol. The van der Waals surface area contributed by atoms with Crippen LogP contribution in [-0.2, 0) is 14.3 Å². The molecule has 0 saturated carbocycles. The largest absolute Gasteiger partial charge is 0.490 e. The summed E-state index contributed by atoms with van der Waals surface area (Å²) in [6, 6.07) is 0.456. The van der Waals surface area contributed by atoms with Crippen LogP contribution in [0, 0.1) is 0 Å². The lowest BCUT2D eigenvalue weighted by Crippen LogP contribution is -2.51. The van der Waals surface area contributed by atoms with Gasteiger partial charge in [0.2, 0.25) is 5.91 Å². The third kappa shape index (κ3) is 5.33. The van der Waals surface area contributed by atoms with Crippen LogP contribution in [-0.4, -0.2) is 66.9 Å². The smallest absolute Gasteiger partial charge is 0.475 e.